The molecule has 0 amide bonds. The molecule has 0 unspecified atom stereocenters. The van der Waals surface area contributed by atoms with Crippen LogP contribution in [0.3, 0.4) is 0 Å². The van der Waals surface area contributed by atoms with Crippen molar-refractivity contribution in [3.63, 3.8) is 0 Å². The molecule has 0 saturated carbocycles. The minimum Gasteiger partial charge on any atom is -0.542 e. The molecule has 0 aliphatic carbocycles. The molecule has 0 bridgehead atoms. The van der Waals surface area contributed by atoms with Crippen LogP contribution in [0.4, 0.5) is 0 Å². The second-order valence-electron chi connectivity index (χ2n) is 0.995. The van der Waals surface area contributed by atoms with Gasteiger partial charge in [0.1, 0.15) is 11.7 Å². The van der Waals surface area contributed by atoms with Gasteiger partial charge in [0.15, 0.2) is 0 Å². The van der Waals surface area contributed by atoms with Gasteiger partial charge >= 0.3 is 29.6 Å². The SMILES string of the molecule is C=COC(=C)C(=O)[O-].[Na+]. The van der Waals surface area contributed by atoms with Crippen LogP contribution in [0.15, 0.2) is 25.2 Å². The molecule has 3 nitrogen and oxygen atoms in total. The average molecular weight is 136 g/mol. The van der Waals surface area contributed by atoms with Crippen molar-refractivity contribution in [2.75, 3.05) is 0 Å². The fourth-order valence-corrected chi connectivity index (χ4v) is 0.149. The first-order valence-electron chi connectivity index (χ1n) is 1.86. The normalized spacial score (nSPS) is 6.67. The Morgan fingerprint density at radius 3 is 2.22 bits per heavy atom. The smallest absolute Gasteiger partial charge is 0.542 e. The van der Waals surface area contributed by atoms with Crippen LogP contribution >= 0.6 is 0 Å². The van der Waals surface area contributed by atoms with E-state index >= 15 is 0 Å². The molecule has 4 heteroatoms. The standard InChI is InChI=1S/C5H6O3.Na/c1-3-8-4(2)5(6)7;/h3H,1-2H2,(H,6,7);/q;+1/p-1. The summed E-state index contributed by atoms with van der Waals surface area (Å²) in [7, 11) is 0. The number of carboxylic acid groups (broad SMARTS) is 1. The summed E-state index contributed by atoms with van der Waals surface area (Å²) in [5, 5.41) is 9.71. The van der Waals surface area contributed by atoms with Crippen LogP contribution in [0.25, 0.3) is 0 Å². The van der Waals surface area contributed by atoms with Crippen molar-refractivity contribution in [1.29, 1.82) is 0 Å². The Morgan fingerprint density at radius 1 is 1.67 bits per heavy atom. The van der Waals surface area contributed by atoms with Gasteiger partial charge in [0, 0.05) is 0 Å². The number of hydrogen-bond donors (Lipinski definition) is 0. The maximum absolute atomic E-state index is 9.71. The quantitative estimate of drug-likeness (QED) is 0.229. The molecule has 0 rings (SSSR count). The van der Waals surface area contributed by atoms with Crippen molar-refractivity contribution in [1.82, 2.24) is 0 Å². The van der Waals surface area contributed by atoms with E-state index in [9.17, 15) is 9.90 Å². The Kier molecular flexibility index (Phi) is 7.53. The molecule has 0 N–H and O–H groups in total. The molecule has 0 atom stereocenters. The Morgan fingerprint density at radius 2 is 2.11 bits per heavy atom. The predicted octanol–water partition coefficient (Wildman–Crippen LogP) is -3.59. The summed E-state index contributed by atoms with van der Waals surface area (Å²) in [6, 6.07) is 0. The Labute approximate surface area is 75.3 Å². The zero-order valence-electron chi connectivity index (χ0n) is 5.22. The van der Waals surface area contributed by atoms with Crippen molar-refractivity contribution in [2.24, 2.45) is 0 Å². The van der Waals surface area contributed by atoms with E-state index in [1.807, 2.05) is 0 Å². The fourth-order valence-electron chi connectivity index (χ4n) is 0.149. The Balaban J connectivity index is 0. The number of ether oxygens (including phenoxy) is 1. The number of carboxylic acids is 1. The molecular formula is C5H5NaO3. The van der Waals surface area contributed by atoms with Crippen molar-refractivity contribution in [3.05, 3.63) is 25.2 Å². The summed E-state index contributed by atoms with van der Waals surface area (Å²) >= 11 is 0. The number of carbonyl (C=O) groups excluding carboxylic acids is 1. The third kappa shape index (κ3) is 5.62. The van der Waals surface area contributed by atoms with E-state index < -0.39 is 11.7 Å². The Bertz CT molecular complexity index is 130. The molecule has 0 heterocycles. The molecule has 9 heavy (non-hydrogen) atoms. The van der Waals surface area contributed by atoms with Crippen LogP contribution in [-0.2, 0) is 9.53 Å². The van der Waals surface area contributed by atoms with Crippen molar-refractivity contribution in [2.45, 2.75) is 0 Å². The van der Waals surface area contributed by atoms with Gasteiger partial charge in [0.25, 0.3) is 0 Å². The average Bonchev–Trinajstić information content (AvgIpc) is 1.67. The summed E-state index contributed by atoms with van der Waals surface area (Å²) in [5.74, 6) is -1.86. The minimum atomic E-state index is -1.43. The van der Waals surface area contributed by atoms with Gasteiger partial charge in [0.2, 0.25) is 0 Å². The molecule has 0 aliphatic heterocycles. The maximum atomic E-state index is 9.71. The molecule has 0 aliphatic rings. The van der Waals surface area contributed by atoms with E-state index in [-0.39, 0.29) is 29.6 Å². The van der Waals surface area contributed by atoms with Crippen LogP contribution in [0.1, 0.15) is 0 Å². The third-order valence-corrected chi connectivity index (χ3v) is 0.453. The van der Waals surface area contributed by atoms with E-state index in [2.05, 4.69) is 17.9 Å². The fraction of sp³-hybridized carbons (Fsp3) is 0. The number of carbonyl (C=O) groups is 1. The first-order chi connectivity index (χ1) is 3.68. The number of rotatable bonds is 3. The first-order valence-corrected chi connectivity index (χ1v) is 1.86. The van der Waals surface area contributed by atoms with Gasteiger partial charge in [-0.05, 0) is 0 Å². The topological polar surface area (TPSA) is 49.4 Å². The molecule has 0 radical (unpaired) electrons. The predicted molar refractivity (Wildman–Crippen MR) is 25.4 cm³/mol. The van der Waals surface area contributed by atoms with Crippen LogP contribution in [0.5, 0.6) is 0 Å². The van der Waals surface area contributed by atoms with Crippen molar-refractivity contribution < 1.29 is 44.2 Å². The van der Waals surface area contributed by atoms with Crippen molar-refractivity contribution in [3.8, 4) is 0 Å². The van der Waals surface area contributed by atoms with Crippen molar-refractivity contribution >= 4 is 5.97 Å². The molecule has 0 saturated heterocycles. The zero-order chi connectivity index (χ0) is 6.57. The van der Waals surface area contributed by atoms with Gasteiger partial charge in [-0.3, -0.25) is 0 Å². The van der Waals surface area contributed by atoms with Crippen LogP contribution < -0.4 is 34.7 Å². The van der Waals surface area contributed by atoms with E-state index in [1.54, 1.807) is 0 Å². The molecule has 0 fully saturated rings. The van der Waals surface area contributed by atoms with E-state index in [1.165, 1.54) is 0 Å². The summed E-state index contributed by atoms with van der Waals surface area (Å²) in [6.45, 7) is 6.10. The maximum Gasteiger partial charge on any atom is 1.00 e. The third-order valence-electron chi connectivity index (χ3n) is 0.453. The van der Waals surface area contributed by atoms with Crippen LogP contribution in [0, 0.1) is 0 Å². The Hall–Kier alpha value is -0.250. The van der Waals surface area contributed by atoms with Gasteiger partial charge in [-0.1, -0.05) is 13.2 Å². The molecule has 0 spiro atoms. The molecule has 0 aromatic rings. The van der Waals surface area contributed by atoms with Gasteiger partial charge in [-0.2, -0.15) is 0 Å². The van der Waals surface area contributed by atoms with E-state index in [0.29, 0.717) is 0 Å². The summed E-state index contributed by atoms with van der Waals surface area (Å²) in [4.78, 5) is 9.71. The van der Waals surface area contributed by atoms with Gasteiger partial charge in [-0.25, -0.2) is 0 Å². The van der Waals surface area contributed by atoms with Gasteiger partial charge in [0.05, 0.1) is 6.26 Å². The first kappa shape index (κ1) is 11.5. The van der Waals surface area contributed by atoms with Crippen LogP contribution in [0.2, 0.25) is 0 Å². The van der Waals surface area contributed by atoms with Gasteiger partial charge in [-0.15, -0.1) is 0 Å². The second kappa shape index (κ2) is 5.88. The number of aliphatic carboxylic acids is 1. The zero-order valence-corrected chi connectivity index (χ0v) is 7.22. The molecular weight excluding hydrogens is 131 g/mol. The summed E-state index contributed by atoms with van der Waals surface area (Å²) < 4.78 is 4.21. The molecule has 0 aromatic carbocycles. The largest absolute Gasteiger partial charge is 1.00 e. The van der Waals surface area contributed by atoms with E-state index in [4.69, 9.17) is 0 Å². The summed E-state index contributed by atoms with van der Waals surface area (Å²) in [6.07, 6.45) is 0.970. The monoisotopic (exact) mass is 136 g/mol. The molecule has 0 aromatic heterocycles. The van der Waals surface area contributed by atoms with E-state index in [0.717, 1.165) is 6.26 Å². The summed E-state index contributed by atoms with van der Waals surface area (Å²) in [5.41, 5.74) is 0. The molecule has 44 valence electrons. The van der Waals surface area contributed by atoms with Crippen LogP contribution in [-0.4, -0.2) is 5.97 Å². The second-order valence-corrected chi connectivity index (χ2v) is 0.995. The minimum absolute atomic E-state index is 0. The number of hydrogen-bond acceptors (Lipinski definition) is 3. The van der Waals surface area contributed by atoms with Gasteiger partial charge < -0.3 is 14.6 Å².